The minimum atomic E-state index is -0.196. The number of rotatable bonds is 5. The van der Waals surface area contributed by atoms with Gasteiger partial charge in [0, 0.05) is 24.6 Å². The molecule has 0 aliphatic rings. The fourth-order valence-corrected chi connectivity index (χ4v) is 1.31. The van der Waals surface area contributed by atoms with E-state index in [0.717, 1.165) is 0 Å². The maximum atomic E-state index is 11.4. The van der Waals surface area contributed by atoms with Gasteiger partial charge in [-0.25, -0.2) is 0 Å². The molecular weight excluding hydrogens is 220 g/mol. The highest BCUT2D eigenvalue weighted by Gasteiger charge is 2.06. The molecule has 5 heteroatoms. The highest BCUT2D eigenvalue weighted by molar-refractivity contribution is 5.91. The Hall–Kier alpha value is -2.22. The van der Waals surface area contributed by atoms with Crippen molar-refractivity contribution in [3.63, 3.8) is 0 Å². The van der Waals surface area contributed by atoms with Crippen LogP contribution in [0.3, 0.4) is 0 Å². The van der Waals surface area contributed by atoms with Crippen LogP contribution in [-0.2, 0) is 4.79 Å². The lowest BCUT2D eigenvalue weighted by Crippen LogP contribution is -2.10. The summed E-state index contributed by atoms with van der Waals surface area (Å²) in [7, 11) is 3.07. The summed E-state index contributed by atoms with van der Waals surface area (Å²) in [5, 5.41) is 11.0. The van der Waals surface area contributed by atoms with Gasteiger partial charge in [-0.1, -0.05) is 0 Å². The maximum absolute atomic E-state index is 11.4. The van der Waals surface area contributed by atoms with E-state index in [2.05, 4.69) is 5.32 Å². The zero-order chi connectivity index (χ0) is 12.7. The molecule has 0 aliphatic heterocycles. The van der Waals surface area contributed by atoms with Crippen molar-refractivity contribution < 1.29 is 14.3 Å². The third-order valence-corrected chi connectivity index (χ3v) is 2.13. The lowest BCUT2D eigenvalue weighted by molar-refractivity contribution is -0.116. The normalized spacial score (nSPS) is 9.24. The molecule has 0 unspecified atom stereocenters. The number of nitrogens with zero attached hydrogens (tertiary/aromatic N) is 1. The van der Waals surface area contributed by atoms with Gasteiger partial charge in [0.2, 0.25) is 5.91 Å². The van der Waals surface area contributed by atoms with Crippen molar-refractivity contribution in [2.45, 2.75) is 12.8 Å². The molecule has 5 nitrogen and oxygen atoms in total. The van der Waals surface area contributed by atoms with Crippen LogP contribution in [-0.4, -0.2) is 20.1 Å². The van der Waals surface area contributed by atoms with Crippen LogP contribution < -0.4 is 14.8 Å². The van der Waals surface area contributed by atoms with E-state index in [1.165, 1.54) is 7.11 Å². The van der Waals surface area contributed by atoms with Gasteiger partial charge < -0.3 is 14.8 Å². The molecule has 0 saturated carbocycles. The third kappa shape index (κ3) is 3.68. The van der Waals surface area contributed by atoms with Crippen molar-refractivity contribution in [1.82, 2.24) is 0 Å². The van der Waals surface area contributed by atoms with E-state index in [1.54, 1.807) is 25.3 Å². The molecule has 1 amide bonds. The molecule has 0 heterocycles. The van der Waals surface area contributed by atoms with Crippen LogP contribution in [0.2, 0.25) is 0 Å². The van der Waals surface area contributed by atoms with Gasteiger partial charge in [-0.15, -0.1) is 0 Å². The van der Waals surface area contributed by atoms with Crippen molar-refractivity contribution in [2.24, 2.45) is 0 Å². The van der Waals surface area contributed by atoms with Crippen LogP contribution >= 0.6 is 0 Å². The molecule has 0 bridgehead atoms. The molecule has 1 aromatic carbocycles. The molecule has 1 N–H and O–H groups in total. The maximum Gasteiger partial charge on any atom is 0.225 e. The minimum absolute atomic E-state index is 0.185. The van der Waals surface area contributed by atoms with Gasteiger partial charge in [0.05, 0.1) is 20.3 Å². The molecule has 90 valence electrons. The first-order chi connectivity index (χ1) is 8.21. The number of anilines is 1. The highest BCUT2D eigenvalue weighted by Crippen LogP contribution is 2.29. The summed E-state index contributed by atoms with van der Waals surface area (Å²) in [6.45, 7) is 0. The molecular formula is C12H14N2O3. The van der Waals surface area contributed by atoms with Gasteiger partial charge in [0.15, 0.2) is 11.5 Å². The number of nitriles is 1. The van der Waals surface area contributed by atoms with Crippen molar-refractivity contribution in [2.75, 3.05) is 19.5 Å². The van der Waals surface area contributed by atoms with Gasteiger partial charge in [-0.05, 0) is 12.1 Å². The first-order valence-electron chi connectivity index (χ1n) is 5.10. The van der Waals surface area contributed by atoms with E-state index >= 15 is 0 Å². The summed E-state index contributed by atoms with van der Waals surface area (Å²) in [6, 6.07) is 7.01. The minimum Gasteiger partial charge on any atom is -0.493 e. The zero-order valence-electron chi connectivity index (χ0n) is 9.82. The molecule has 0 spiro atoms. The summed E-state index contributed by atoms with van der Waals surface area (Å²) in [5.74, 6) is 0.951. The Morgan fingerprint density at radius 2 is 2.06 bits per heavy atom. The summed E-state index contributed by atoms with van der Waals surface area (Å²) in [6.07, 6.45) is 0.393. The molecule has 0 aliphatic carbocycles. The Bertz CT molecular complexity index is 438. The average molecular weight is 234 g/mol. The number of amides is 1. The van der Waals surface area contributed by atoms with Crippen molar-refractivity contribution in [1.29, 1.82) is 5.26 Å². The zero-order valence-corrected chi connectivity index (χ0v) is 9.82. The van der Waals surface area contributed by atoms with Gasteiger partial charge in [0.25, 0.3) is 0 Å². The van der Waals surface area contributed by atoms with Crippen LogP contribution in [0.5, 0.6) is 11.5 Å². The third-order valence-electron chi connectivity index (χ3n) is 2.13. The molecule has 1 aromatic rings. The second-order valence-electron chi connectivity index (χ2n) is 3.28. The average Bonchev–Trinajstić information content (AvgIpc) is 2.36. The van der Waals surface area contributed by atoms with Gasteiger partial charge in [0.1, 0.15) is 0 Å². The van der Waals surface area contributed by atoms with Crippen LogP contribution in [0.25, 0.3) is 0 Å². The number of methoxy groups -OCH3 is 2. The molecule has 0 fully saturated rings. The number of carbonyl (C=O) groups is 1. The number of carbonyl (C=O) groups excluding carboxylic acids is 1. The Morgan fingerprint density at radius 3 is 2.65 bits per heavy atom. The Balaban J connectivity index is 2.73. The summed E-state index contributed by atoms with van der Waals surface area (Å²) in [5.41, 5.74) is 0.616. The summed E-state index contributed by atoms with van der Waals surface area (Å²) >= 11 is 0. The van der Waals surface area contributed by atoms with E-state index in [4.69, 9.17) is 14.7 Å². The SMILES string of the molecule is COc1ccc(NC(=O)CCC#N)cc1OC. The quantitative estimate of drug-likeness (QED) is 0.845. The van der Waals surface area contributed by atoms with Gasteiger partial charge in [-0.3, -0.25) is 4.79 Å². The Kier molecular flexibility index (Phi) is 4.82. The summed E-state index contributed by atoms with van der Waals surface area (Å²) < 4.78 is 10.2. The number of nitrogens with one attached hydrogen (secondary N) is 1. The van der Waals surface area contributed by atoms with Crippen LogP contribution in [0.1, 0.15) is 12.8 Å². The van der Waals surface area contributed by atoms with Crippen molar-refractivity contribution in [3.8, 4) is 17.6 Å². The number of ether oxygens (including phenoxy) is 2. The first-order valence-corrected chi connectivity index (χ1v) is 5.10. The smallest absolute Gasteiger partial charge is 0.225 e. The second-order valence-corrected chi connectivity index (χ2v) is 3.28. The molecule has 0 saturated heterocycles. The molecule has 0 radical (unpaired) electrons. The molecule has 0 atom stereocenters. The van der Waals surface area contributed by atoms with Gasteiger partial charge >= 0.3 is 0 Å². The Labute approximate surface area is 100.0 Å². The fraction of sp³-hybridized carbons (Fsp3) is 0.333. The van der Waals surface area contributed by atoms with Crippen molar-refractivity contribution in [3.05, 3.63) is 18.2 Å². The van der Waals surface area contributed by atoms with Crippen LogP contribution in [0.15, 0.2) is 18.2 Å². The number of benzene rings is 1. The predicted molar refractivity (Wildman–Crippen MR) is 63.0 cm³/mol. The van der Waals surface area contributed by atoms with E-state index < -0.39 is 0 Å². The topological polar surface area (TPSA) is 71.3 Å². The fourth-order valence-electron chi connectivity index (χ4n) is 1.31. The lowest BCUT2D eigenvalue weighted by Gasteiger charge is -2.10. The molecule has 0 aromatic heterocycles. The van der Waals surface area contributed by atoms with Crippen molar-refractivity contribution >= 4 is 11.6 Å². The van der Waals surface area contributed by atoms with E-state index in [0.29, 0.717) is 17.2 Å². The Morgan fingerprint density at radius 1 is 1.35 bits per heavy atom. The van der Waals surface area contributed by atoms with Crippen LogP contribution in [0.4, 0.5) is 5.69 Å². The summed E-state index contributed by atoms with van der Waals surface area (Å²) in [4.78, 5) is 11.4. The standard InChI is InChI=1S/C12H14N2O3/c1-16-10-6-5-9(8-11(10)17-2)14-12(15)4-3-7-13/h5-6,8H,3-4H2,1-2H3,(H,14,15). The van der Waals surface area contributed by atoms with Crippen LogP contribution in [0, 0.1) is 11.3 Å². The van der Waals surface area contributed by atoms with E-state index in [-0.39, 0.29) is 18.7 Å². The first kappa shape index (κ1) is 12.8. The number of hydrogen-bond acceptors (Lipinski definition) is 4. The van der Waals surface area contributed by atoms with E-state index in [1.807, 2.05) is 6.07 Å². The van der Waals surface area contributed by atoms with Gasteiger partial charge in [-0.2, -0.15) is 5.26 Å². The largest absolute Gasteiger partial charge is 0.493 e. The highest BCUT2D eigenvalue weighted by atomic mass is 16.5. The monoisotopic (exact) mass is 234 g/mol. The van der Waals surface area contributed by atoms with E-state index in [9.17, 15) is 4.79 Å². The molecule has 17 heavy (non-hydrogen) atoms. The number of hydrogen-bond donors (Lipinski definition) is 1. The lowest BCUT2D eigenvalue weighted by atomic mass is 10.2. The predicted octanol–water partition coefficient (Wildman–Crippen LogP) is 1.95. The second kappa shape index (κ2) is 6.38. The molecule has 1 rings (SSSR count).